The van der Waals surface area contributed by atoms with Gasteiger partial charge in [-0.2, -0.15) is 0 Å². The molecular formula is C18H23N3O2. The third-order valence-corrected chi connectivity index (χ3v) is 4.38. The monoisotopic (exact) mass is 313 g/mol. The van der Waals surface area contributed by atoms with Crippen LogP contribution in [0.5, 0.6) is 5.75 Å². The fraction of sp³-hybridized carbons (Fsp3) is 0.444. The third-order valence-electron chi connectivity index (χ3n) is 4.38. The Hall–Kier alpha value is -2.14. The van der Waals surface area contributed by atoms with Crippen molar-refractivity contribution in [2.24, 2.45) is 5.92 Å². The average Bonchev–Trinajstić information content (AvgIpc) is 2.99. The predicted octanol–water partition coefficient (Wildman–Crippen LogP) is 2.82. The minimum atomic E-state index is 0.0554. The topological polar surface area (TPSA) is 58.2 Å². The molecule has 0 amide bonds. The number of ketones is 1. The van der Waals surface area contributed by atoms with E-state index in [0.29, 0.717) is 0 Å². The molecule has 122 valence electrons. The van der Waals surface area contributed by atoms with Crippen molar-refractivity contribution in [3.8, 4) is 5.75 Å². The standard InChI is InChI=1S/C18H23N3O2/c1-13-19-10-16(20-13)12-21-8-4-6-15(11-21)18(22)14-5-3-7-17(9-14)23-2/h3,5,7,9-10,15H,4,6,8,11-12H2,1-2H3,(H,19,20). The number of aromatic nitrogens is 2. The Morgan fingerprint density at radius 1 is 1.48 bits per heavy atom. The van der Waals surface area contributed by atoms with Crippen molar-refractivity contribution in [1.82, 2.24) is 14.9 Å². The van der Waals surface area contributed by atoms with Crippen LogP contribution in [0.2, 0.25) is 0 Å². The van der Waals surface area contributed by atoms with Gasteiger partial charge >= 0.3 is 0 Å². The molecule has 1 aliphatic rings. The number of hydrogen-bond donors (Lipinski definition) is 1. The number of nitrogens with one attached hydrogen (secondary N) is 1. The van der Waals surface area contributed by atoms with Crippen LogP contribution in [0.25, 0.3) is 0 Å². The molecule has 0 bridgehead atoms. The number of aryl methyl sites for hydroxylation is 1. The van der Waals surface area contributed by atoms with Gasteiger partial charge in [-0.05, 0) is 38.4 Å². The second kappa shape index (κ2) is 6.96. The molecule has 0 spiro atoms. The Bertz CT molecular complexity index is 680. The van der Waals surface area contributed by atoms with Crippen molar-refractivity contribution in [3.63, 3.8) is 0 Å². The number of methoxy groups -OCH3 is 1. The summed E-state index contributed by atoms with van der Waals surface area (Å²) in [7, 11) is 1.62. The van der Waals surface area contributed by atoms with Gasteiger partial charge in [0.05, 0.1) is 7.11 Å². The van der Waals surface area contributed by atoms with E-state index < -0.39 is 0 Å². The Morgan fingerprint density at radius 2 is 2.35 bits per heavy atom. The predicted molar refractivity (Wildman–Crippen MR) is 88.7 cm³/mol. The fourth-order valence-corrected chi connectivity index (χ4v) is 3.22. The lowest BCUT2D eigenvalue weighted by Crippen LogP contribution is -2.38. The summed E-state index contributed by atoms with van der Waals surface area (Å²) in [5.74, 6) is 1.94. The summed E-state index contributed by atoms with van der Waals surface area (Å²) in [6.07, 6.45) is 3.88. The van der Waals surface area contributed by atoms with Crippen molar-refractivity contribution < 1.29 is 9.53 Å². The van der Waals surface area contributed by atoms with Crippen LogP contribution in [0, 0.1) is 12.8 Å². The fourth-order valence-electron chi connectivity index (χ4n) is 3.22. The second-order valence-corrected chi connectivity index (χ2v) is 6.16. The van der Waals surface area contributed by atoms with Gasteiger partial charge in [-0.25, -0.2) is 4.98 Å². The zero-order valence-corrected chi connectivity index (χ0v) is 13.7. The minimum Gasteiger partial charge on any atom is -0.497 e. The number of H-pyrrole nitrogens is 1. The molecule has 1 saturated heterocycles. The van der Waals surface area contributed by atoms with E-state index in [-0.39, 0.29) is 11.7 Å². The number of piperidine rings is 1. The summed E-state index contributed by atoms with van der Waals surface area (Å²) in [5.41, 5.74) is 1.85. The van der Waals surface area contributed by atoms with Crippen LogP contribution in [0.1, 0.15) is 34.7 Å². The highest BCUT2D eigenvalue weighted by Crippen LogP contribution is 2.23. The summed E-state index contributed by atoms with van der Waals surface area (Å²) in [5, 5.41) is 0. The summed E-state index contributed by atoms with van der Waals surface area (Å²) in [6.45, 7) is 4.60. The van der Waals surface area contributed by atoms with E-state index in [1.54, 1.807) is 7.11 Å². The molecular weight excluding hydrogens is 290 g/mol. The summed E-state index contributed by atoms with van der Waals surface area (Å²) in [4.78, 5) is 22.6. The number of aromatic amines is 1. The molecule has 3 rings (SSSR count). The van der Waals surface area contributed by atoms with Gasteiger partial charge in [0, 0.05) is 36.5 Å². The Kier molecular flexibility index (Phi) is 4.76. The third kappa shape index (κ3) is 3.79. The van der Waals surface area contributed by atoms with Crippen LogP contribution >= 0.6 is 0 Å². The first-order chi connectivity index (χ1) is 11.2. The number of likely N-dealkylation sites (tertiary alicyclic amines) is 1. The maximum Gasteiger partial charge on any atom is 0.167 e. The van der Waals surface area contributed by atoms with E-state index in [1.807, 2.05) is 37.4 Å². The van der Waals surface area contributed by atoms with Crippen LogP contribution in [0.3, 0.4) is 0 Å². The van der Waals surface area contributed by atoms with Crippen LogP contribution in [-0.4, -0.2) is 40.9 Å². The Morgan fingerprint density at radius 3 is 3.09 bits per heavy atom. The number of rotatable bonds is 5. The van der Waals surface area contributed by atoms with Crippen molar-refractivity contribution in [2.45, 2.75) is 26.3 Å². The van der Waals surface area contributed by atoms with E-state index in [4.69, 9.17) is 4.74 Å². The van der Waals surface area contributed by atoms with Crippen molar-refractivity contribution in [3.05, 3.63) is 47.5 Å². The van der Waals surface area contributed by atoms with E-state index in [2.05, 4.69) is 14.9 Å². The summed E-state index contributed by atoms with van der Waals surface area (Å²) < 4.78 is 5.22. The largest absolute Gasteiger partial charge is 0.497 e. The quantitative estimate of drug-likeness (QED) is 0.862. The molecule has 1 fully saturated rings. The molecule has 1 atom stereocenters. The second-order valence-electron chi connectivity index (χ2n) is 6.16. The van der Waals surface area contributed by atoms with Gasteiger partial charge in [-0.1, -0.05) is 12.1 Å². The molecule has 5 nitrogen and oxygen atoms in total. The molecule has 1 aromatic carbocycles. The first kappa shape index (κ1) is 15.7. The SMILES string of the molecule is COc1cccc(C(=O)C2CCCN(Cc3cnc(C)[nH]3)C2)c1. The van der Waals surface area contributed by atoms with Crippen LogP contribution in [0.15, 0.2) is 30.5 Å². The number of nitrogens with zero attached hydrogens (tertiary/aromatic N) is 2. The molecule has 1 aromatic heterocycles. The highest BCUT2D eigenvalue weighted by Gasteiger charge is 2.27. The molecule has 2 heterocycles. The van der Waals surface area contributed by atoms with E-state index in [9.17, 15) is 4.79 Å². The molecule has 1 N–H and O–H groups in total. The summed E-state index contributed by atoms with van der Waals surface area (Å²) >= 11 is 0. The number of carbonyl (C=O) groups is 1. The highest BCUT2D eigenvalue weighted by atomic mass is 16.5. The number of Topliss-reactive ketones (excluding diaryl/α,β-unsaturated/α-hetero) is 1. The zero-order valence-electron chi connectivity index (χ0n) is 13.7. The van der Waals surface area contributed by atoms with E-state index >= 15 is 0 Å². The van der Waals surface area contributed by atoms with Crippen molar-refractivity contribution in [2.75, 3.05) is 20.2 Å². The molecule has 5 heteroatoms. The first-order valence-electron chi connectivity index (χ1n) is 8.07. The number of imidazole rings is 1. The number of benzene rings is 1. The van der Waals surface area contributed by atoms with Gasteiger partial charge in [0.2, 0.25) is 0 Å². The maximum atomic E-state index is 12.8. The van der Waals surface area contributed by atoms with Crippen LogP contribution in [-0.2, 0) is 6.54 Å². The number of hydrogen-bond acceptors (Lipinski definition) is 4. The molecule has 23 heavy (non-hydrogen) atoms. The number of ether oxygens (including phenoxy) is 1. The normalized spacial score (nSPS) is 18.8. The van der Waals surface area contributed by atoms with Crippen LogP contribution in [0.4, 0.5) is 0 Å². The van der Waals surface area contributed by atoms with Crippen molar-refractivity contribution >= 4 is 5.78 Å². The highest BCUT2D eigenvalue weighted by molar-refractivity contribution is 5.98. The lowest BCUT2D eigenvalue weighted by molar-refractivity contribution is 0.0810. The van der Waals surface area contributed by atoms with Gasteiger partial charge < -0.3 is 9.72 Å². The molecule has 0 radical (unpaired) electrons. The van der Waals surface area contributed by atoms with Crippen LogP contribution < -0.4 is 4.74 Å². The molecule has 1 aliphatic heterocycles. The molecule has 2 aromatic rings. The maximum absolute atomic E-state index is 12.8. The lowest BCUT2D eigenvalue weighted by atomic mass is 9.90. The lowest BCUT2D eigenvalue weighted by Gasteiger charge is -2.31. The zero-order chi connectivity index (χ0) is 16.2. The smallest absolute Gasteiger partial charge is 0.167 e. The van der Waals surface area contributed by atoms with Gasteiger partial charge in [-0.3, -0.25) is 9.69 Å². The van der Waals surface area contributed by atoms with Gasteiger partial charge in [0.25, 0.3) is 0 Å². The van der Waals surface area contributed by atoms with Crippen molar-refractivity contribution in [1.29, 1.82) is 0 Å². The van der Waals surface area contributed by atoms with E-state index in [1.165, 1.54) is 0 Å². The molecule has 1 unspecified atom stereocenters. The Labute approximate surface area is 136 Å². The Balaban J connectivity index is 1.66. The minimum absolute atomic E-state index is 0.0554. The van der Waals surface area contributed by atoms with E-state index in [0.717, 1.165) is 55.3 Å². The van der Waals surface area contributed by atoms with Gasteiger partial charge in [-0.15, -0.1) is 0 Å². The summed E-state index contributed by atoms with van der Waals surface area (Å²) in [6, 6.07) is 7.45. The van der Waals surface area contributed by atoms with Gasteiger partial charge in [0.1, 0.15) is 11.6 Å². The first-order valence-corrected chi connectivity index (χ1v) is 8.07. The number of carbonyl (C=O) groups excluding carboxylic acids is 1. The molecule has 0 aliphatic carbocycles. The van der Waals surface area contributed by atoms with Gasteiger partial charge in [0.15, 0.2) is 5.78 Å². The molecule has 0 saturated carbocycles. The average molecular weight is 313 g/mol.